The summed E-state index contributed by atoms with van der Waals surface area (Å²) in [5.74, 6) is 0.421. The minimum atomic E-state index is -0.287. The molecule has 2 rings (SSSR count). The van der Waals surface area contributed by atoms with Crippen molar-refractivity contribution in [2.24, 2.45) is 0 Å². The Hall–Kier alpha value is -0.510. The molecule has 9 heavy (non-hydrogen) atoms. The summed E-state index contributed by atoms with van der Waals surface area (Å²) in [6, 6.07) is 0. The highest BCUT2D eigenvalue weighted by molar-refractivity contribution is 8.01. The topological polar surface area (TPSA) is 37.4 Å². The second-order valence-corrected chi connectivity index (χ2v) is 3.27. The summed E-state index contributed by atoms with van der Waals surface area (Å²) in [6.45, 7) is 0.764. The molecule has 2 heterocycles. The van der Waals surface area contributed by atoms with Crippen LogP contribution >= 0.6 is 11.8 Å². The van der Waals surface area contributed by atoms with Crippen molar-refractivity contribution in [3.05, 3.63) is 0 Å². The summed E-state index contributed by atoms with van der Waals surface area (Å²) in [6.07, 6.45) is 0. The van der Waals surface area contributed by atoms with Crippen LogP contribution < -0.4 is 0 Å². The molecule has 0 spiro atoms. The summed E-state index contributed by atoms with van der Waals surface area (Å²) in [5, 5.41) is -0.0995. The molecule has 2 fully saturated rings. The van der Waals surface area contributed by atoms with Gasteiger partial charge in [-0.1, -0.05) is 0 Å². The molecule has 0 unspecified atom stereocenters. The van der Waals surface area contributed by atoms with Crippen molar-refractivity contribution in [2.75, 3.05) is 12.3 Å². The Morgan fingerprint density at radius 3 is 3.00 bits per heavy atom. The Labute approximate surface area is 56.4 Å². The van der Waals surface area contributed by atoms with E-state index in [1.165, 1.54) is 0 Å². The minimum absolute atomic E-state index is 0.0995. The molecule has 0 bridgehead atoms. The zero-order chi connectivity index (χ0) is 6.43. The molecule has 3 nitrogen and oxygen atoms in total. The first-order valence-corrected chi connectivity index (χ1v) is 3.82. The minimum Gasteiger partial charge on any atom is -0.316 e. The summed E-state index contributed by atoms with van der Waals surface area (Å²) in [4.78, 5) is 22.9. The van der Waals surface area contributed by atoms with Crippen molar-refractivity contribution >= 4 is 23.5 Å². The molecule has 2 aliphatic heterocycles. The van der Waals surface area contributed by atoms with Crippen molar-refractivity contribution < 1.29 is 9.59 Å². The number of Topliss-reactive ketones (excluding diaryl/α,β-unsaturated/α-hetero) is 1. The van der Waals surface area contributed by atoms with Crippen molar-refractivity contribution in [2.45, 2.75) is 5.37 Å². The van der Waals surface area contributed by atoms with Gasteiger partial charge in [0.05, 0.1) is 0 Å². The maximum absolute atomic E-state index is 10.6. The maximum Gasteiger partial charge on any atom is 0.294 e. The van der Waals surface area contributed by atoms with E-state index in [9.17, 15) is 9.59 Å². The van der Waals surface area contributed by atoms with Crippen LogP contribution in [0, 0.1) is 0 Å². The van der Waals surface area contributed by atoms with E-state index in [0.29, 0.717) is 0 Å². The predicted molar refractivity (Wildman–Crippen MR) is 33.0 cm³/mol. The van der Waals surface area contributed by atoms with Crippen LogP contribution in [-0.2, 0) is 9.59 Å². The number of fused-ring (bicyclic) bond motifs is 1. The lowest BCUT2D eigenvalue weighted by molar-refractivity contribution is -0.155. The van der Waals surface area contributed by atoms with E-state index in [1.807, 2.05) is 0 Å². The highest BCUT2D eigenvalue weighted by atomic mass is 32.2. The Kier molecular flexibility index (Phi) is 0.883. The fourth-order valence-electron chi connectivity index (χ4n) is 1.08. The molecule has 2 saturated heterocycles. The quantitative estimate of drug-likeness (QED) is 0.338. The lowest BCUT2D eigenvalue weighted by Gasteiger charge is -2.30. The molecule has 0 aromatic heterocycles. The van der Waals surface area contributed by atoms with Gasteiger partial charge in [-0.05, 0) is 0 Å². The van der Waals surface area contributed by atoms with Gasteiger partial charge in [-0.2, -0.15) is 0 Å². The fourth-order valence-corrected chi connectivity index (χ4v) is 2.23. The molecule has 4 heteroatoms. The first-order chi connectivity index (χ1) is 4.30. The standard InChI is InChI=1S/C5H5NO2S/c7-3-4(8)6-1-2-9-5(3)6/h5H,1-2H2/t5-/m0/s1. The van der Waals surface area contributed by atoms with E-state index >= 15 is 0 Å². The zero-order valence-corrected chi connectivity index (χ0v) is 5.48. The maximum atomic E-state index is 10.6. The lowest BCUT2D eigenvalue weighted by atomic mass is 10.2. The molecule has 0 aromatic rings. The molecular weight excluding hydrogens is 138 g/mol. The van der Waals surface area contributed by atoms with Crippen molar-refractivity contribution in [1.29, 1.82) is 0 Å². The predicted octanol–water partition coefficient (Wildman–Crippen LogP) is -0.529. The van der Waals surface area contributed by atoms with E-state index in [2.05, 4.69) is 0 Å². The van der Waals surface area contributed by atoms with E-state index in [0.717, 1.165) is 12.3 Å². The number of nitrogens with zero attached hydrogens (tertiary/aromatic N) is 1. The number of hydrogen-bond acceptors (Lipinski definition) is 3. The van der Waals surface area contributed by atoms with Gasteiger partial charge in [-0.3, -0.25) is 9.59 Å². The number of β-lactam (4-membered cyclic amide) rings is 1. The number of rotatable bonds is 0. The van der Waals surface area contributed by atoms with Gasteiger partial charge in [0.2, 0.25) is 0 Å². The first kappa shape index (κ1) is 5.29. The van der Waals surface area contributed by atoms with Gasteiger partial charge < -0.3 is 4.90 Å². The van der Waals surface area contributed by atoms with Crippen LogP contribution in [-0.4, -0.2) is 34.3 Å². The Balaban J connectivity index is 2.23. The van der Waals surface area contributed by atoms with Crippen LogP contribution in [0.25, 0.3) is 0 Å². The van der Waals surface area contributed by atoms with E-state index in [-0.39, 0.29) is 17.1 Å². The smallest absolute Gasteiger partial charge is 0.294 e. The molecule has 0 aromatic carbocycles. The van der Waals surface area contributed by atoms with Crippen molar-refractivity contribution in [1.82, 2.24) is 4.90 Å². The highest BCUT2D eigenvalue weighted by Gasteiger charge is 2.49. The van der Waals surface area contributed by atoms with Gasteiger partial charge in [-0.25, -0.2) is 0 Å². The molecule has 1 amide bonds. The van der Waals surface area contributed by atoms with Gasteiger partial charge in [-0.15, -0.1) is 11.8 Å². The van der Waals surface area contributed by atoms with Crippen LogP contribution in [0.3, 0.4) is 0 Å². The average molecular weight is 143 g/mol. The highest BCUT2D eigenvalue weighted by Crippen LogP contribution is 2.31. The Morgan fingerprint density at radius 2 is 2.33 bits per heavy atom. The molecule has 0 aliphatic carbocycles. The third-order valence-corrected chi connectivity index (χ3v) is 2.79. The second kappa shape index (κ2) is 1.50. The van der Waals surface area contributed by atoms with Gasteiger partial charge in [0.15, 0.2) is 0 Å². The molecule has 0 N–H and O–H groups in total. The Bertz CT molecular complexity index is 171. The van der Waals surface area contributed by atoms with Crippen LogP contribution in [0.1, 0.15) is 0 Å². The number of carbonyl (C=O) groups is 2. The molecule has 2 aliphatic rings. The van der Waals surface area contributed by atoms with Crippen LogP contribution in [0.5, 0.6) is 0 Å². The summed E-state index contributed by atoms with van der Waals surface area (Å²) in [7, 11) is 0. The normalized spacial score (nSPS) is 32.4. The fraction of sp³-hybridized carbons (Fsp3) is 0.600. The van der Waals surface area contributed by atoms with Crippen LogP contribution in [0.2, 0.25) is 0 Å². The Morgan fingerprint density at radius 1 is 1.56 bits per heavy atom. The van der Waals surface area contributed by atoms with E-state index in [4.69, 9.17) is 0 Å². The molecule has 1 atom stereocenters. The average Bonchev–Trinajstić information content (AvgIpc) is 2.30. The zero-order valence-electron chi connectivity index (χ0n) is 4.66. The summed E-state index contributed by atoms with van der Waals surface area (Å²) in [5.41, 5.74) is 0. The molecule has 48 valence electrons. The van der Waals surface area contributed by atoms with E-state index < -0.39 is 0 Å². The van der Waals surface area contributed by atoms with Crippen LogP contribution in [0.4, 0.5) is 0 Å². The number of carbonyl (C=O) groups excluding carboxylic acids is 2. The van der Waals surface area contributed by atoms with Crippen molar-refractivity contribution in [3.8, 4) is 0 Å². The first-order valence-electron chi connectivity index (χ1n) is 2.77. The number of ketones is 1. The molecular formula is C5H5NO2S. The monoisotopic (exact) mass is 143 g/mol. The van der Waals surface area contributed by atoms with Gasteiger partial charge in [0.1, 0.15) is 5.37 Å². The third-order valence-electron chi connectivity index (χ3n) is 1.59. The van der Waals surface area contributed by atoms with Gasteiger partial charge in [0.25, 0.3) is 11.7 Å². The van der Waals surface area contributed by atoms with E-state index in [1.54, 1.807) is 16.7 Å². The third kappa shape index (κ3) is 0.489. The summed E-state index contributed by atoms with van der Waals surface area (Å²) < 4.78 is 0. The number of amides is 1. The molecule has 0 saturated carbocycles. The summed E-state index contributed by atoms with van der Waals surface area (Å²) >= 11 is 1.56. The largest absolute Gasteiger partial charge is 0.316 e. The van der Waals surface area contributed by atoms with Crippen molar-refractivity contribution in [3.63, 3.8) is 0 Å². The second-order valence-electron chi connectivity index (χ2n) is 2.09. The number of hydrogen-bond donors (Lipinski definition) is 0. The van der Waals surface area contributed by atoms with Gasteiger partial charge >= 0.3 is 0 Å². The SMILES string of the molecule is O=C1C(=O)N2CCS[C@@H]12. The van der Waals surface area contributed by atoms with Crippen LogP contribution in [0.15, 0.2) is 0 Å². The molecule has 0 radical (unpaired) electrons. The lowest BCUT2D eigenvalue weighted by Crippen LogP contribution is -2.56. The van der Waals surface area contributed by atoms with Gasteiger partial charge in [0, 0.05) is 12.3 Å². The number of thioether (sulfide) groups is 1.